The Balaban J connectivity index is 1.96. The number of carbonyl (C=O) groups is 1. The molecule has 150 valence electrons. The molecule has 8 heteroatoms. The summed E-state index contributed by atoms with van der Waals surface area (Å²) < 4.78 is 40.0. The summed E-state index contributed by atoms with van der Waals surface area (Å²) in [6.45, 7) is 0.187. The summed E-state index contributed by atoms with van der Waals surface area (Å²) in [5.74, 6) is -0.451. The van der Waals surface area contributed by atoms with Crippen molar-refractivity contribution >= 4 is 17.9 Å². The highest BCUT2D eigenvalue weighted by molar-refractivity contribution is 6.30. The quantitative estimate of drug-likeness (QED) is 0.590. The number of aromatic nitrogens is 2. The second-order valence-corrected chi connectivity index (χ2v) is 6.91. The highest BCUT2D eigenvalue weighted by Crippen LogP contribution is 2.30. The number of nitrogens with zero attached hydrogens (tertiary/aromatic N) is 2. The lowest BCUT2D eigenvalue weighted by molar-refractivity contribution is -0.141. The summed E-state index contributed by atoms with van der Waals surface area (Å²) >= 11 is 5.95. The Morgan fingerprint density at radius 3 is 2.38 bits per heavy atom. The molecule has 0 saturated carbocycles. The molecule has 2 N–H and O–H groups in total. The van der Waals surface area contributed by atoms with Gasteiger partial charge in [-0.05, 0) is 29.3 Å². The SMILES string of the molecule is NCC(C=O)c1ccc(Cc2cc(C(F)(F)F)nc(-c3cccc(Cl)c3)n2)cc1. The normalized spacial score (nSPS) is 12.6. The molecule has 2 aromatic carbocycles. The summed E-state index contributed by atoms with van der Waals surface area (Å²) in [5, 5.41) is 0.380. The van der Waals surface area contributed by atoms with Crippen LogP contribution in [0.25, 0.3) is 11.4 Å². The molecule has 3 rings (SSSR count). The number of carbonyl (C=O) groups excluding carboxylic acids is 1. The first-order chi connectivity index (χ1) is 13.8. The maximum Gasteiger partial charge on any atom is 0.433 e. The minimum absolute atomic E-state index is 0.0434. The lowest BCUT2D eigenvalue weighted by Gasteiger charge is -2.12. The van der Waals surface area contributed by atoms with E-state index in [2.05, 4.69) is 9.97 Å². The number of nitrogens with two attached hydrogens (primary N) is 1. The molecule has 0 aliphatic heterocycles. The third-order valence-corrected chi connectivity index (χ3v) is 4.60. The predicted molar refractivity (Wildman–Crippen MR) is 105 cm³/mol. The number of hydrogen-bond acceptors (Lipinski definition) is 4. The summed E-state index contributed by atoms with van der Waals surface area (Å²) in [5.41, 5.74) is 6.66. The van der Waals surface area contributed by atoms with Crippen molar-refractivity contribution in [3.63, 3.8) is 0 Å². The molecule has 1 heterocycles. The van der Waals surface area contributed by atoms with E-state index in [1.165, 1.54) is 6.07 Å². The Hall–Kier alpha value is -2.77. The van der Waals surface area contributed by atoms with Crippen molar-refractivity contribution in [3.05, 3.63) is 82.1 Å². The Morgan fingerprint density at radius 1 is 1.07 bits per heavy atom. The standard InChI is InChI=1S/C21H17ClF3N3O/c22-17-3-1-2-15(9-17)20-27-18(10-19(28-20)21(23,24)25)8-13-4-6-14(7-5-13)16(11-26)12-29/h1-7,9-10,12,16H,8,11,26H2. The molecule has 0 bridgehead atoms. The smallest absolute Gasteiger partial charge is 0.329 e. The fourth-order valence-electron chi connectivity index (χ4n) is 2.85. The van der Waals surface area contributed by atoms with E-state index in [0.717, 1.165) is 23.5 Å². The molecular formula is C21H17ClF3N3O. The van der Waals surface area contributed by atoms with Gasteiger partial charge in [-0.15, -0.1) is 0 Å². The fraction of sp³-hybridized carbons (Fsp3) is 0.190. The summed E-state index contributed by atoms with van der Waals surface area (Å²) in [6, 6.07) is 14.3. The minimum Gasteiger partial charge on any atom is -0.329 e. The van der Waals surface area contributed by atoms with Crippen LogP contribution in [0.5, 0.6) is 0 Å². The first-order valence-corrected chi connectivity index (χ1v) is 9.13. The number of benzene rings is 2. The zero-order valence-corrected chi connectivity index (χ0v) is 15.9. The van der Waals surface area contributed by atoms with Gasteiger partial charge in [0.05, 0.1) is 5.92 Å². The van der Waals surface area contributed by atoms with E-state index in [1.54, 1.807) is 42.5 Å². The minimum atomic E-state index is -4.60. The Kier molecular flexibility index (Phi) is 6.30. The van der Waals surface area contributed by atoms with E-state index in [9.17, 15) is 18.0 Å². The van der Waals surface area contributed by atoms with Gasteiger partial charge in [0.2, 0.25) is 0 Å². The van der Waals surface area contributed by atoms with Crippen LogP contribution in [-0.4, -0.2) is 22.8 Å². The molecule has 0 spiro atoms. The van der Waals surface area contributed by atoms with Gasteiger partial charge in [0.1, 0.15) is 12.0 Å². The van der Waals surface area contributed by atoms with Crippen LogP contribution in [0, 0.1) is 0 Å². The molecule has 1 atom stereocenters. The van der Waals surface area contributed by atoms with Crippen molar-refractivity contribution in [1.82, 2.24) is 9.97 Å². The Labute approximate surface area is 170 Å². The van der Waals surface area contributed by atoms with Gasteiger partial charge in [0, 0.05) is 29.2 Å². The topological polar surface area (TPSA) is 68.9 Å². The fourth-order valence-corrected chi connectivity index (χ4v) is 3.04. The molecule has 1 aromatic heterocycles. The maximum atomic E-state index is 13.3. The molecule has 29 heavy (non-hydrogen) atoms. The van der Waals surface area contributed by atoms with Crippen LogP contribution in [-0.2, 0) is 17.4 Å². The second kappa shape index (κ2) is 8.71. The van der Waals surface area contributed by atoms with Crippen molar-refractivity contribution in [3.8, 4) is 11.4 Å². The molecule has 1 unspecified atom stereocenters. The Morgan fingerprint density at radius 2 is 1.79 bits per heavy atom. The first kappa shape index (κ1) is 21.0. The second-order valence-electron chi connectivity index (χ2n) is 6.47. The van der Waals surface area contributed by atoms with Crippen LogP contribution in [0.4, 0.5) is 13.2 Å². The van der Waals surface area contributed by atoms with Crippen LogP contribution in [0.2, 0.25) is 5.02 Å². The van der Waals surface area contributed by atoms with Gasteiger partial charge in [-0.2, -0.15) is 13.2 Å². The van der Waals surface area contributed by atoms with Crippen molar-refractivity contribution in [1.29, 1.82) is 0 Å². The molecule has 0 radical (unpaired) electrons. The average molecular weight is 420 g/mol. The van der Waals surface area contributed by atoms with Crippen LogP contribution in [0.15, 0.2) is 54.6 Å². The lowest BCUT2D eigenvalue weighted by Crippen LogP contribution is -2.13. The van der Waals surface area contributed by atoms with Gasteiger partial charge < -0.3 is 10.5 Å². The molecule has 0 amide bonds. The Bertz CT molecular complexity index is 1010. The summed E-state index contributed by atoms with van der Waals surface area (Å²) in [6.07, 6.45) is -3.66. The predicted octanol–water partition coefficient (Wildman–Crippen LogP) is 4.65. The zero-order chi connectivity index (χ0) is 21.0. The van der Waals surface area contributed by atoms with Gasteiger partial charge in [0.15, 0.2) is 5.82 Å². The monoisotopic (exact) mass is 419 g/mol. The van der Waals surface area contributed by atoms with Crippen molar-refractivity contribution in [2.24, 2.45) is 5.73 Å². The highest BCUT2D eigenvalue weighted by Gasteiger charge is 2.33. The van der Waals surface area contributed by atoms with Gasteiger partial charge in [-0.1, -0.05) is 48.0 Å². The van der Waals surface area contributed by atoms with Gasteiger partial charge >= 0.3 is 6.18 Å². The average Bonchev–Trinajstić information content (AvgIpc) is 2.69. The highest BCUT2D eigenvalue weighted by atomic mass is 35.5. The van der Waals surface area contributed by atoms with Crippen LogP contribution in [0.1, 0.15) is 28.4 Å². The van der Waals surface area contributed by atoms with Crippen LogP contribution < -0.4 is 5.73 Å². The van der Waals surface area contributed by atoms with Gasteiger partial charge in [0.25, 0.3) is 0 Å². The van der Waals surface area contributed by atoms with Crippen molar-refractivity contribution < 1.29 is 18.0 Å². The molecule has 3 aromatic rings. The number of halogens is 4. The number of rotatable bonds is 6. The molecular weight excluding hydrogens is 403 g/mol. The molecule has 0 saturated heterocycles. The van der Waals surface area contributed by atoms with Crippen molar-refractivity contribution in [2.45, 2.75) is 18.5 Å². The van der Waals surface area contributed by atoms with E-state index < -0.39 is 17.8 Å². The number of aldehydes is 1. The largest absolute Gasteiger partial charge is 0.433 e. The van der Waals surface area contributed by atoms with E-state index >= 15 is 0 Å². The third kappa shape index (κ3) is 5.19. The van der Waals surface area contributed by atoms with E-state index in [1.807, 2.05) is 0 Å². The molecule has 0 fully saturated rings. The van der Waals surface area contributed by atoms with E-state index in [-0.39, 0.29) is 24.5 Å². The molecule has 0 aliphatic rings. The maximum absolute atomic E-state index is 13.3. The zero-order valence-electron chi connectivity index (χ0n) is 15.2. The summed E-state index contributed by atoms with van der Waals surface area (Å²) in [7, 11) is 0. The van der Waals surface area contributed by atoms with E-state index in [4.69, 9.17) is 17.3 Å². The van der Waals surface area contributed by atoms with Gasteiger partial charge in [-0.3, -0.25) is 0 Å². The number of hydrogen-bond donors (Lipinski definition) is 1. The third-order valence-electron chi connectivity index (χ3n) is 4.36. The van der Waals surface area contributed by atoms with Crippen molar-refractivity contribution in [2.75, 3.05) is 6.54 Å². The number of alkyl halides is 3. The summed E-state index contributed by atoms with van der Waals surface area (Å²) in [4.78, 5) is 19.0. The van der Waals surface area contributed by atoms with Crippen LogP contribution in [0.3, 0.4) is 0 Å². The first-order valence-electron chi connectivity index (χ1n) is 8.75. The molecule has 0 aliphatic carbocycles. The lowest BCUT2D eigenvalue weighted by atomic mass is 9.98. The molecule has 4 nitrogen and oxygen atoms in total. The van der Waals surface area contributed by atoms with E-state index in [0.29, 0.717) is 10.6 Å². The van der Waals surface area contributed by atoms with Gasteiger partial charge in [-0.25, -0.2) is 9.97 Å². The van der Waals surface area contributed by atoms with Crippen LogP contribution >= 0.6 is 11.6 Å².